The molecule has 3 rings (SSSR count). The zero-order valence-corrected chi connectivity index (χ0v) is 15.6. The fraction of sp³-hybridized carbons (Fsp3) is 0.182. The number of hydrogen-bond acceptors (Lipinski definition) is 4. The van der Waals surface area contributed by atoms with Crippen molar-refractivity contribution in [2.24, 2.45) is 0 Å². The van der Waals surface area contributed by atoms with Gasteiger partial charge in [-0.2, -0.15) is 0 Å². The van der Waals surface area contributed by atoms with Crippen molar-refractivity contribution in [2.75, 3.05) is 19.0 Å². The summed E-state index contributed by atoms with van der Waals surface area (Å²) in [5.41, 5.74) is 3.22. The minimum atomic E-state index is -0.116. The lowest BCUT2D eigenvalue weighted by atomic mass is 10.2. The summed E-state index contributed by atoms with van der Waals surface area (Å²) in [7, 11) is 1.78. The van der Waals surface area contributed by atoms with E-state index in [1.165, 1.54) is 0 Å². The molecule has 1 N–H and O–H groups in total. The Bertz CT molecular complexity index is 880. The van der Waals surface area contributed by atoms with Crippen LogP contribution in [0.25, 0.3) is 0 Å². The summed E-state index contributed by atoms with van der Waals surface area (Å²) in [4.78, 5) is 18.6. The third-order valence-electron chi connectivity index (χ3n) is 4.04. The van der Waals surface area contributed by atoms with Gasteiger partial charge < -0.3 is 15.0 Å². The van der Waals surface area contributed by atoms with Gasteiger partial charge in [-0.3, -0.25) is 9.78 Å². The molecule has 0 unspecified atom stereocenters. The second kappa shape index (κ2) is 8.85. The van der Waals surface area contributed by atoms with Gasteiger partial charge in [0, 0.05) is 31.2 Å². The van der Waals surface area contributed by atoms with Crippen molar-refractivity contribution in [3.8, 4) is 5.75 Å². The van der Waals surface area contributed by atoms with Gasteiger partial charge in [0.05, 0.1) is 6.61 Å². The quantitative estimate of drug-likeness (QED) is 0.673. The molecule has 0 aliphatic carbocycles. The number of amides is 1. The molecule has 1 aromatic heterocycles. The standard InChI is InChI=1S/C22H23N3O2/c1-3-27-20-11-9-18(10-12-20)24-19-13-14-23-21(15-19)22(26)25(2)16-17-7-5-4-6-8-17/h4-15H,3,16H2,1-2H3,(H,23,24). The number of benzene rings is 2. The average Bonchev–Trinajstić information content (AvgIpc) is 2.70. The van der Waals surface area contributed by atoms with Gasteiger partial charge in [0.1, 0.15) is 11.4 Å². The first-order chi connectivity index (χ1) is 13.2. The van der Waals surface area contributed by atoms with Gasteiger partial charge in [0.25, 0.3) is 5.91 Å². The molecule has 0 atom stereocenters. The van der Waals surface area contributed by atoms with Crippen molar-refractivity contribution in [3.63, 3.8) is 0 Å². The maximum atomic E-state index is 12.7. The number of anilines is 2. The highest BCUT2D eigenvalue weighted by atomic mass is 16.5. The molecule has 0 aliphatic rings. The predicted molar refractivity (Wildman–Crippen MR) is 107 cm³/mol. The van der Waals surface area contributed by atoms with Crippen LogP contribution in [0, 0.1) is 0 Å². The number of nitrogens with zero attached hydrogens (tertiary/aromatic N) is 2. The van der Waals surface area contributed by atoms with Crippen molar-refractivity contribution in [1.82, 2.24) is 9.88 Å². The fourth-order valence-corrected chi connectivity index (χ4v) is 2.72. The van der Waals surface area contributed by atoms with Crippen LogP contribution in [0.15, 0.2) is 72.9 Å². The van der Waals surface area contributed by atoms with E-state index in [-0.39, 0.29) is 5.91 Å². The number of nitrogens with one attached hydrogen (secondary N) is 1. The van der Waals surface area contributed by atoms with Crippen molar-refractivity contribution >= 4 is 17.3 Å². The SMILES string of the molecule is CCOc1ccc(Nc2ccnc(C(=O)N(C)Cc3ccccc3)c2)cc1. The van der Waals surface area contributed by atoms with Crippen LogP contribution in [-0.2, 0) is 6.54 Å². The Morgan fingerprint density at radius 1 is 1.04 bits per heavy atom. The van der Waals surface area contributed by atoms with E-state index in [1.54, 1.807) is 24.2 Å². The molecule has 138 valence electrons. The number of rotatable bonds is 7. The van der Waals surface area contributed by atoms with Gasteiger partial charge in [-0.1, -0.05) is 30.3 Å². The first-order valence-corrected chi connectivity index (χ1v) is 8.91. The first kappa shape index (κ1) is 18.5. The smallest absolute Gasteiger partial charge is 0.272 e. The van der Waals surface area contributed by atoms with E-state index in [9.17, 15) is 4.79 Å². The number of aromatic nitrogens is 1. The number of ether oxygens (including phenoxy) is 1. The summed E-state index contributed by atoms with van der Waals surface area (Å²) in [6, 6.07) is 21.2. The van der Waals surface area contributed by atoms with E-state index in [0.717, 1.165) is 22.7 Å². The Balaban J connectivity index is 1.68. The molecule has 5 nitrogen and oxygen atoms in total. The monoisotopic (exact) mass is 361 g/mol. The van der Waals surface area contributed by atoms with E-state index in [0.29, 0.717) is 18.8 Å². The summed E-state index contributed by atoms with van der Waals surface area (Å²) < 4.78 is 5.45. The van der Waals surface area contributed by atoms with Crippen molar-refractivity contribution in [3.05, 3.63) is 84.2 Å². The topological polar surface area (TPSA) is 54.5 Å². The minimum Gasteiger partial charge on any atom is -0.494 e. The lowest BCUT2D eigenvalue weighted by molar-refractivity contribution is 0.0779. The van der Waals surface area contributed by atoms with Gasteiger partial charge in [-0.15, -0.1) is 0 Å². The van der Waals surface area contributed by atoms with Gasteiger partial charge in [0.2, 0.25) is 0 Å². The third kappa shape index (κ3) is 5.07. The Morgan fingerprint density at radius 3 is 2.48 bits per heavy atom. The molecule has 0 aliphatic heterocycles. The maximum absolute atomic E-state index is 12.7. The molecule has 0 saturated carbocycles. The van der Waals surface area contributed by atoms with E-state index >= 15 is 0 Å². The average molecular weight is 361 g/mol. The first-order valence-electron chi connectivity index (χ1n) is 8.91. The van der Waals surface area contributed by atoms with Crippen LogP contribution in [0.4, 0.5) is 11.4 Å². The van der Waals surface area contributed by atoms with Crippen LogP contribution in [0.5, 0.6) is 5.75 Å². The van der Waals surface area contributed by atoms with E-state index in [4.69, 9.17) is 4.74 Å². The van der Waals surface area contributed by atoms with Crippen LogP contribution in [0.2, 0.25) is 0 Å². The number of carbonyl (C=O) groups excluding carboxylic acids is 1. The Morgan fingerprint density at radius 2 is 1.78 bits per heavy atom. The number of pyridine rings is 1. The van der Waals surface area contributed by atoms with Gasteiger partial charge in [0.15, 0.2) is 0 Å². The summed E-state index contributed by atoms with van der Waals surface area (Å²) >= 11 is 0. The van der Waals surface area contributed by atoms with Crippen LogP contribution in [0.1, 0.15) is 23.0 Å². The van der Waals surface area contributed by atoms with Crippen molar-refractivity contribution in [2.45, 2.75) is 13.5 Å². The molecule has 0 radical (unpaired) electrons. The summed E-state index contributed by atoms with van der Waals surface area (Å²) in [5, 5.41) is 3.29. The Kier molecular flexibility index (Phi) is 6.05. The number of carbonyl (C=O) groups is 1. The number of hydrogen-bond donors (Lipinski definition) is 1. The molecule has 0 bridgehead atoms. The normalized spacial score (nSPS) is 10.3. The maximum Gasteiger partial charge on any atom is 0.272 e. The zero-order chi connectivity index (χ0) is 19.1. The second-order valence-corrected chi connectivity index (χ2v) is 6.16. The third-order valence-corrected chi connectivity index (χ3v) is 4.04. The highest BCUT2D eigenvalue weighted by Gasteiger charge is 2.14. The highest BCUT2D eigenvalue weighted by molar-refractivity contribution is 5.93. The fourth-order valence-electron chi connectivity index (χ4n) is 2.72. The van der Waals surface area contributed by atoms with E-state index < -0.39 is 0 Å². The molecule has 0 fully saturated rings. The predicted octanol–water partition coefficient (Wildman–Crippen LogP) is 4.50. The molecular weight excluding hydrogens is 338 g/mol. The summed E-state index contributed by atoms with van der Waals surface area (Å²) in [6.07, 6.45) is 1.64. The van der Waals surface area contributed by atoms with Crippen LogP contribution in [-0.4, -0.2) is 29.4 Å². The Hall–Kier alpha value is -3.34. The second-order valence-electron chi connectivity index (χ2n) is 6.16. The Labute approximate surface area is 159 Å². The van der Waals surface area contributed by atoms with Crippen LogP contribution < -0.4 is 10.1 Å². The minimum absolute atomic E-state index is 0.116. The van der Waals surface area contributed by atoms with Crippen LogP contribution in [0.3, 0.4) is 0 Å². The highest BCUT2D eigenvalue weighted by Crippen LogP contribution is 2.20. The lowest BCUT2D eigenvalue weighted by Crippen LogP contribution is -2.27. The van der Waals surface area contributed by atoms with E-state index in [1.807, 2.05) is 67.6 Å². The van der Waals surface area contributed by atoms with E-state index in [2.05, 4.69) is 10.3 Å². The molecule has 1 amide bonds. The van der Waals surface area contributed by atoms with Crippen LogP contribution >= 0.6 is 0 Å². The summed E-state index contributed by atoms with van der Waals surface area (Å²) in [6.45, 7) is 3.13. The molecule has 0 saturated heterocycles. The lowest BCUT2D eigenvalue weighted by Gasteiger charge is -2.17. The van der Waals surface area contributed by atoms with Gasteiger partial charge in [-0.05, 0) is 48.9 Å². The zero-order valence-electron chi connectivity index (χ0n) is 15.6. The van der Waals surface area contributed by atoms with Crippen molar-refractivity contribution < 1.29 is 9.53 Å². The molecule has 2 aromatic carbocycles. The van der Waals surface area contributed by atoms with Crippen molar-refractivity contribution in [1.29, 1.82) is 0 Å². The molecular formula is C22H23N3O2. The van der Waals surface area contributed by atoms with Gasteiger partial charge in [-0.25, -0.2) is 0 Å². The largest absolute Gasteiger partial charge is 0.494 e. The molecule has 1 heterocycles. The molecule has 0 spiro atoms. The molecule has 5 heteroatoms. The molecule has 27 heavy (non-hydrogen) atoms. The van der Waals surface area contributed by atoms with Gasteiger partial charge >= 0.3 is 0 Å². The summed E-state index contributed by atoms with van der Waals surface area (Å²) in [5.74, 6) is 0.713. The molecule has 3 aromatic rings.